The Hall–Kier alpha value is -2.57. The minimum Gasteiger partial charge on any atom is -0.493 e. The summed E-state index contributed by atoms with van der Waals surface area (Å²) in [5, 5.41) is 19.1. The van der Waals surface area contributed by atoms with Gasteiger partial charge in [-0.2, -0.15) is 4.31 Å². The van der Waals surface area contributed by atoms with E-state index in [2.05, 4.69) is 4.90 Å². The van der Waals surface area contributed by atoms with Crippen LogP contribution in [0.5, 0.6) is 5.75 Å². The van der Waals surface area contributed by atoms with Gasteiger partial charge in [0.1, 0.15) is 5.75 Å². The molecule has 39 heavy (non-hydrogen) atoms. The third-order valence-electron chi connectivity index (χ3n) is 7.45. The van der Waals surface area contributed by atoms with Crippen LogP contribution in [-0.2, 0) is 36.5 Å². The number of fused-ring (bicyclic) bond motifs is 1. The van der Waals surface area contributed by atoms with Crippen molar-refractivity contribution >= 4 is 21.4 Å². The Morgan fingerprint density at radius 3 is 2.46 bits per heavy atom. The Bertz CT molecular complexity index is 1380. The number of rotatable bonds is 12. The highest BCUT2D eigenvalue weighted by atomic mass is 32.2. The minimum atomic E-state index is -3.76. The van der Waals surface area contributed by atoms with Crippen LogP contribution in [0.15, 0.2) is 32.9 Å². The highest BCUT2D eigenvalue weighted by molar-refractivity contribution is 7.89. The van der Waals surface area contributed by atoms with Gasteiger partial charge < -0.3 is 24.4 Å². The SMILES string of the molecule is CCCOc1ccc(S(=O)(=O)N2CCN(CCCO)CC2)cc1C1=Nc2c(CCC)c(CO)n(C)c(=O)c2C1. The number of piperazine rings is 1. The first-order valence-corrected chi connectivity index (χ1v) is 15.2. The predicted octanol–water partition coefficient (Wildman–Crippen LogP) is 1.98. The van der Waals surface area contributed by atoms with Gasteiger partial charge in [-0.05, 0) is 37.5 Å². The van der Waals surface area contributed by atoms with Crippen molar-refractivity contribution in [2.45, 2.75) is 57.5 Å². The Morgan fingerprint density at radius 1 is 1.08 bits per heavy atom. The lowest BCUT2D eigenvalue weighted by Gasteiger charge is -2.34. The minimum absolute atomic E-state index is 0.120. The molecule has 1 aromatic carbocycles. The van der Waals surface area contributed by atoms with Gasteiger partial charge in [0, 0.05) is 69.5 Å². The molecule has 1 aromatic heterocycles. The van der Waals surface area contributed by atoms with E-state index in [1.165, 1.54) is 8.87 Å². The molecular formula is C28H40N4O6S. The van der Waals surface area contributed by atoms with E-state index >= 15 is 0 Å². The number of aliphatic hydroxyl groups excluding tert-OH is 2. The lowest BCUT2D eigenvalue weighted by molar-refractivity contribution is 0.171. The van der Waals surface area contributed by atoms with Crippen LogP contribution in [0.1, 0.15) is 55.5 Å². The summed E-state index contributed by atoms with van der Waals surface area (Å²) in [6.45, 7) is 7.09. The Labute approximate surface area is 230 Å². The zero-order valence-corrected chi connectivity index (χ0v) is 24.0. The van der Waals surface area contributed by atoms with E-state index in [0.29, 0.717) is 79.6 Å². The normalized spacial score (nSPS) is 16.4. The quantitative estimate of drug-likeness (QED) is 0.407. The second kappa shape index (κ2) is 12.7. The topological polar surface area (TPSA) is 125 Å². The molecule has 2 N–H and O–H groups in total. The summed E-state index contributed by atoms with van der Waals surface area (Å²) in [5.41, 5.74) is 3.51. The summed E-state index contributed by atoms with van der Waals surface area (Å²) in [4.78, 5) is 20.4. The number of aliphatic hydroxyl groups is 2. The fraction of sp³-hybridized carbons (Fsp3) is 0.571. The molecule has 0 unspecified atom stereocenters. The zero-order valence-electron chi connectivity index (χ0n) is 23.1. The highest BCUT2D eigenvalue weighted by Crippen LogP contribution is 2.36. The number of benzene rings is 1. The second-order valence-corrected chi connectivity index (χ2v) is 12.0. The van der Waals surface area contributed by atoms with Crippen LogP contribution in [0.25, 0.3) is 0 Å². The summed E-state index contributed by atoms with van der Waals surface area (Å²) in [7, 11) is -2.09. The molecule has 1 saturated heterocycles. The van der Waals surface area contributed by atoms with Crippen molar-refractivity contribution in [1.29, 1.82) is 0 Å². The van der Waals surface area contributed by atoms with Gasteiger partial charge in [-0.3, -0.25) is 9.79 Å². The molecule has 2 aromatic rings. The molecule has 0 aliphatic carbocycles. The molecule has 3 heterocycles. The molecule has 214 valence electrons. The number of sulfonamides is 1. The molecule has 1 fully saturated rings. The van der Waals surface area contributed by atoms with Gasteiger partial charge in [-0.1, -0.05) is 20.3 Å². The maximum Gasteiger partial charge on any atom is 0.256 e. The summed E-state index contributed by atoms with van der Waals surface area (Å²) < 4.78 is 36.3. The highest BCUT2D eigenvalue weighted by Gasteiger charge is 2.31. The van der Waals surface area contributed by atoms with Gasteiger partial charge in [0.2, 0.25) is 10.0 Å². The van der Waals surface area contributed by atoms with Crippen LogP contribution >= 0.6 is 0 Å². The smallest absolute Gasteiger partial charge is 0.256 e. The fourth-order valence-corrected chi connectivity index (χ4v) is 6.77. The van der Waals surface area contributed by atoms with Crippen molar-refractivity contribution < 1.29 is 23.4 Å². The summed E-state index contributed by atoms with van der Waals surface area (Å²) in [6.07, 6.45) is 3.21. The van der Waals surface area contributed by atoms with Crippen LogP contribution in [0.4, 0.5) is 5.69 Å². The van der Waals surface area contributed by atoms with Gasteiger partial charge >= 0.3 is 0 Å². The number of aromatic nitrogens is 1. The third-order valence-corrected chi connectivity index (χ3v) is 9.35. The molecule has 11 heteroatoms. The van der Waals surface area contributed by atoms with Crippen molar-refractivity contribution in [2.24, 2.45) is 12.0 Å². The molecule has 0 radical (unpaired) electrons. The largest absolute Gasteiger partial charge is 0.493 e. The van der Waals surface area contributed by atoms with E-state index in [0.717, 1.165) is 24.9 Å². The van der Waals surface area contributed by atoms with E-state index < -0.39 is 10.0 Å². The first-order chi connectivity index (χ1) is 18.8. The lowest BCUT2D eigenvalue weighted by Crippen LogP contribution is -2.48. The standard InChI is InChI=1S/C28H40N4O6S/c1-4-7-21-25(19-34)30(3)28(35)23-18-24(29-27(21)23)22-17-20(8-9-26(22)38-16-5-2)39(36,37)32-13-11-31(12-14-32)10-6-15-33/h8-9,17,33-34H,4-7,10-16,18-19H2,1-3H3. The molecule has 0 amide bonds. The van der Waals surface area contributed by atoms with Crippen LogP contribution in [-0.4, -0.2) is 84.1 Å². The number of pyridine rings is 1. The van der Waals surface area contributed by atoms with Crippen LogP contribution < -0.4 is 10.3 Å². The Kier molecular flexibility index (Phi) is 9.60. The van der Waals surface area contributed by atoms with Gasteiger partial charge in [-0.15, -0.1) is 0 Å². The first kappa shape index (κ1) is 29.4. The van der Waals surface area contributed by atoms with Gasteiger partial charge in [0.05, 0.1) is 35.2 Å². The average molecular weight is 561 g/mol. The molecule has 4 rings (SSSR count). The molecule has 0 bridgehead atoms. The first-order valence-electron chi connectivity index (χ1n) is 13.8. The van der Waals surface area contributed by atoms with Crippen molar-refractivity contribution in [3.05, 3.63) is 50.9 Å². The zero-order chi connectivity index (χ0) is 28.2. The number of nitrogens with zero attached hydrogens (tertiary/aromatic N) is 4. The molecule has 0 saturated carbocycles. The maximum absolute atomic E-state index is 13.6. The molecule has 2 aliphatic rings. The van der Waals surface area contributed by atoms with Crippen LogP contribution in [0.2, 0.25) is 0 Å². The summed E-state index contributed by atoms with van der Waals surface area (Å²) >= 11 is 0. The molecule has 2 aliphatic heterocycles. The van der Waals surface area contributed by atoms with Gasteiger partial charge in [-0.25, -0.2) is 8.42 Å². The third kappa shape index (κ3) is 5.97. The summed E-state index contributed by atoms with van der Waals surface area (Å²) in [6, 6.07) is 4.89. The second-order valence-electron chi connectivity index (χ2n) is 10.1. The van der Waals surface area contributed by atoms with E-state index in [-0.39, 0.29) is 30.1 Å². The maximum atomic E-state index is 13.6. The van der Waals surface area contributed by atoms with E-state index in [4.69, 9.17) is 14.8 Å². The van der Waals surface area contributed by atoms with Gasteiger partial charge in [0.15, 0.2) is 0 Å². The van der Waals surface area contributed by atoms with Crippen molar-refractivity contribution in [2.75, 3.05) is 45.9 Å². The molecule has 0 atom stereocenters. The Morgan fingerprint density at radius 2 is 1.82 bits per heavy atom. The van der Waals surface area contributed by atoms with Crippen molar-refractivity contribution in [1.82, 2.24) is 13.8 Å². The van der Waals surface area contributed by atoms with Crippen molar-refractivity contribution in [3.63, 3.8) is 0 Å². The predicted molar refractivity (Wildman–Crippen MR) is 151 cm³/mol. The average Bonchev–Trinajstić information content (AvgIpc) is 3.39. The van der Waals surface area contributed by atoms with Crippen molar-refractivity contribution in [3.8, 4) is 5.75 Å². The van der Waals surface area contributed by atoms with E-state index in [9.17, 15) is 18.3 Å². The van der Waals surface area contributed by atoms with E-state index in [1.807, 2.05) is 13.8 Å². The van der Waals surface area contributed by atoms with Gasteiger partial charge in [0.25, 0.3) is 5.56 Å². The number of hydrogen-bond donors (Lipinski definition) is 2. The Balaban J connectivity index is 1.72. The molecule has 10 nitrogen and oxygen atoms in total. The summed E-state index contributed by atoms with van der Waals surface area (Å²) in [5.74, 6) is 0.535. The monoisotopic (exact) mass is 560 g/mol. The van der Waals surface area contributed by atoms with Crippen LogP contribution in [0, 0.1) is 0 Å². The van der Waals surface area contributed by atoms with E-state index in [1.54, 1.807) is 25.2 Å². The van der Waals surface area contributed by atoms with Crippen LogP contribution in [0.3, 0.4) is 0 Å². The lowest BCUT2D eigenvalue weighted by atomic mass is 10.00. The number of hydrogen-bond acceptors (Lipinski definition) is 8. The fourth-order valence-electron chi connectivity index (χ4n) is 5.32. The molecule has 0 spiro atoms. The molecular weight excluding hydrogens is 520 g/mol. The number of ether oxygens (including phenoxy) is 1. The number of aliphatic imine (C=N–C) groups is 1.